The first kappa shape index (κ1) is 18.0. The zero-order valence-electron chi connectivity index (χ0n) is 13.7. The van der Waals surface area contributed by atoms with Gasteiger partial charge in [0.1, 0.15) is 5.82 Å². The van der Waals surface area contributed by atoms with Gasteiger partial charge in [0, 0.05) is 17.7 Å². The van der Waals surface area contributed by atoms with Crippen LogP contribution in [0.4, 0.5) is 5.82 Å². The molecule has 1 aliphatic heterocycles. The van der Waals surface area contributed by atoms with Crippen LogP contribution in [0.2, 0.25) is 20.1 Å². The van der Waals surface area contributed by atoms with E-state index in [2.05, 4.69) is 5.32 Å². The van der Waals surface area contributed by atoms with Gasteiger partial charge in [-0.2, -0.15) is 5.10 Å². The van der Waals surface area contributed by atoms with Crippen molar-refractivity contribution >= 4 is 52.2 Å². The average molecular weight is 427 g/mol. The number of aromatic nitrogens is 2. The van der Waals surface area contributed by atoms with Gasteiger partial charge in [-0.15, -0.1) is 0 Å². The van der Waals surface area contributed by atoms with E-state index in [0.717, 1.165) is 48.6 Å². The summed E-state index contributed by atoms with van der Waals surface area (Å²) in [7, 11) is 0. The van der Waals surface area contributed by atoms with Crippen LogP contribution in [-0.4, -0.2) is 16.3 Å². The second-order valence-corrected chi connectivity index (χ2v) is 7.83. The van der Waals surface area contributed by atoms with E-state index in [1.54, 1.807) is 12.1 Å². The Kier molecular flexibility index (Phi) is 5.07. The molecule has 7 heteroatoms. The van der Waals surface area contributed by atoms with Crippen molar-refractivity contribution in [3.63, 3.8) is 0 Å². The lowest BCUT2D eigenvalue weighted by atomic mass is 10.0. The minimum Gasteiger partial charge on any atom is -0.370 e. The minimum absolute atomic E-state index is 0.498. The Hall–Kier alpha value is -1.39. The Bertz CT molecular complexity index is 905. The van der Waals surface area contributed by atoms with Crippen molar-refractivity contribution < 1.29 is 0 Å². The average Bonchev–Trinajstić information content (AvgIpc) is 2.81. The van der Waals surface area contributed by atoms with Gasteiger partial charge in [-0.1, -0.05) is 52.5 Å². The summed E-state index contributed by atoms with van der Waals surface area (Å²) in [6, 6.07) is 11.1. The van der Waals surface area contributed by atoms with Crippen LogP contribution in [0.15, 0.2) is 36.4 Å². The number of fused-ring (bicyclic) bond motifs is 1. The second-order valence-electron chi connectivity index (χ2n) is 6.20. The quantitative estimate of drug-likeness (QED) is 0.482. The van der Waals surface area contributed by atoms with Crippen LogP contribution in [-0.2, 0) is 6.42 Å². The van der Waals surface area contributed by atoms with E-state index in [4.69, 9.17) is 51.5 Å². The number of nitrogens with zero attached hydrogens (tertiary/aromatic N) is 2. The lowest BCUT2D eigenvalue weighted by molar-refractivity contribution is 0.780. The van der Waals surface area contributed by atoms with Crippen LogP contribution in [0.1, 0.15) is 18.4 Å². The van der Waals surface area contributed by atoms with Gasteiger partial charge in [-0.05, 0) is 49.6 Å². The molecule has 0 saturated heterocycles. The molecular weight excluding hydrogens is 412 g/mol. The normalized spacial score (nSPS) is 13.8. The van der Waals surface area contributed by atoms with Crippen molar-refractivity contribution in [1.29, 1.82) is 0 Å². The summed E-state index contributed by atoms with van der Waals surface area (Å²) < 4.78 is 1.89. The molecule has 0 unspecified atom stereocenters. The summed E-state index contributed by atoms with van der Waals surface area (Å²) in [6.07, 6.45) is 3.15. The molecule has 1 aromatic heterocycles. The monoisotopic (exact) mass is 425 g/mol. The molecule has 3 nitrogen and oxygen atoms in total. The highest BCUT2D eigenvalue weighted by molar-refractivity contribution is 6.42. The van der Waals surface area contributed by atoms with E-state index < -0.39 is 0 Å². The van der Waals surface area contributed by atoms with Gasteiger partial charge in [0.2, 0.25) is 0 Å². The SMILES string of the molecule is Clc1ccc(-c2nn(-c3ccc(Cl)c(Cl)c3)c3c2CCCCN3)cc1Cl. The fourth-order valence-electron chi connectivity index (χ4n) is 3.18. The molecule has 4 rings (SSSR count). The molecule has 0 fully saturated rings. The summed E-state index contributed by atoms with van der Waals surface area (Å²) in [6.45, 7) is 0.904. The summed E-state index contributed by atoms with van der Waals surface area (Å²) in [5.74, 6) is 0.988. The minimum atomic E-state index is 0.498. The Balaban J connectivity index is 1.91. The Morgan fingerprint density at radius 1 is 0.846 bits per heavy atom. The molecule has 0 bridgehead atoms. The lowest BCUT2D eigenvalue weighted by Crippen LogP contribution is -2.07. The van der Waals surface area contributed by atoms with E-state index in [1.807, 2.05) is 28.9 Å². The van der Waals surface area contributed by atoms with E-state index in [-0.39, 0.29) is 0 Å². The third kappa shape index (κ3) is 3.29. The maximum Gasteiger partial charge on any atom is 0.133 e. The predicted octanol–water partition coefficient (Wildman–Crippen LogP) is 6.90. The van der Waals surface area contributed by atoms with Gasteiger partial charge in [0.15, 0.2) is 0 Å². The van der Waals surface area contributed by atoms with Crippen molar-refractivity contribution in [3.8, 4) is 16.9 Å². The van der Waals surface area contributed by atoms with Crippen LogP contribution in [0.3, 0.4) is 0 Å². The van der Waals surface area contributed by atoms with Gasteiger partial charge in [0.05, 0.1) is 31.5 Å². The largest absolute Gasteiger partial charge is 0.370 e. The molecule has 0 amide bonds. The first-order valence-electron chi connectivity index (χ1n) is 8.31. The van der Waals surface area contributed by atoms with E-state index >= 15 is 0 Å². The fraction of sp³-hybridized carbons (Fsp3) is 0.211. The maximum atomic E-state index is 6.23. The first-order chi connectivity index (χ1) is 12.5. The van der Waals surface area contributed by atoms with E-state index in [0.29, 0.717) is 20.1 Å². The van der Waals surface area contributed by atoms with Gasteiger partial charge < -0.3 is 5.32 Å². The van der Waals surface area contributed by atoms with Crippen LogP contribution in [0.5, 0.6) is 0 Å². The fourth-order valence-corrected chi connectivity index (χ4v) is 3.77. The van der Waals surface area contributed by atoms with Gasteiger partial charge in [-0.25, -0.2) is 4.68 Å². The van der Waals surface area contributed by atoms with Crippen molar-refractivity contribution in [2.24, 2.45) is 0 Å². The topological polar surface area (TPSA) is 29.9 Å². The highest BCUT2D eigenvalue weighted by Gasteiger charge is 2.22. The van der Waals surface area contributed by atoms with Gasteiger partial charge >= 0.3 is 0 Å². The molecule has 0 saturated carbocycles. The van der Waals surface area contributed by atoms with Crippen LogP contribution >= 0.6 is 46.4 Å². The third-order valence-corrected chi connectivity index (χ3v) is 5.95. The molecule has 134 valence electrons. The number of hydrogen-bond donors (Lipinski definition) is 1. The van der Waals surface area contributed by atoms with Gasteiger partial charge in [-0.3, -0.25) is 0 Å². The molecule has 1 aliphatic rings. The number of hydrogen-bond acceptors (Lipinski definition) is 2. The van der Waals surface area contributed by atoms with Crippen molar-refractivity contribution in [2.45, 2.75) is 19.3 Å². The Morgan fingerprint density at radius 2 is 1.58 bits per heavy atom. The lowest BCUT2D eigenvalue weighted by Gasteiger charge is -2.10. The van der Waals surface area contributed by atoms with Crippen LogP contribution in [0.25, 0.3) is 16.9 Å². The number of anilines is 1. The highest BCUT2D eigenvalue weighted by Crippen LogP contribution is 2.37. The van der Waals surface area contributed by atoms with E-state index in [1.165, 1.54) is 5.56 Å². The molecule has 0 radical (unpaired) electrons. The van der Waals surface area contributed by atoms with Crippen molar-refractivity contribution in [1.82, 2.24) is 9.78 Å². The molecule has 0 spiro atoms. The first-order valence-corrected chi connectivity index (χ1v) is 9.82. The zero-order chi connectivity index (χ0) is 18.3. The molecular formula is C19H15Cl4N3. The molecule has 2 heterocycles. The number of halogens is 4. The molecule has 0 atom stereocenters. The molecule has 26 heavy (non-hydrogen) atoms. The molecule has 1 N–H and O–H groups in total. The summed E-state index contributed by atoms with van der Waals surface area (Å²) >= 11 is 24.6. The summed E-state index contributed by atoms with van der Waals surface area (Å²) in [5.41, 5.74) is 3.88. The van der Waals surface area contributed by atoms with Crippen LogP contribution < -0.4 is 5.32 Å². The number of benzene rings is 2. The van der Waals surface area contributed by atoms with Crippen molar-refractivity contribution in [2.75, 3.05) is 11.9 Å². The smallest absolute Gasteiger partial charge is 0.133 e. The maximum absolute atomic E-state index is 6.23. The highest BCUT2D eigenvalue weighted by atomic mass is 35.5. The van der Waals surface area contributed by atoms with Gasteiger partial charge in [0.25, 0.3) is 0 Å². The second kappa shape index (κ2) is 7.32. The zero-order valence-corrected chi connectivity index (χ0v) is 16.7. The molecule has 2 aromatic carbocycles. The molecule has 3 aromatic rings. The standard InChI is InChI=1S/C19H15Cl4N3/c20-14-6-4-11(9-16(14)22)18-13-3-1-2-8-24-19(13)26(25-18)12-5-7-15(21)17(23)10-12/h4-7,9-10,24H,1-3,8H2. The van der Waals surface area contributed by atoms with Crippen LogP contribution in [0, 0.1) is 0 Å². The molecule has 0 aliphatic carbocycles. The number of rotatable bonds is 2. The third-order valence-electron chi connectivity index (χ3n) is 4.47. The Morgan fingerprint density at radius 3 is 2.31 bits per heavy atom. The summed E-state index contributed by atoms with van der Waals surface area (Å²) in [4.78, 5) is 0. The number of nitrogens with one attached hydrogen (secondary N) is 1. The van der Waals surface area contributed by atoms with E-state index in [9.17, 15) is 0 Å². The predicted molar refractivity (Wildman–Crippen MR) is 110 cm³/mol. The Labute approximate surface area is 171 Å². The summed E-state index contributed by atoms with van der Waals surface area (Å²) in [5, 5.41) is 10.4. The van der Waals surface area contributed by atoms with Crippen molar-refractivity contribution in [3.05, 3.63) is 62.1 Å².